The Kier molecular flexibility index (Phi) is 3.33. The van der Waals surface area contributed by atoms with Crippen LogP contribution in [0.25, 0.3) is 10.9 Å². The normalized spacial score (nSPS) is 21.0. The molecule has 3 aromatic rings. The second-order valence-corrected chi connectivity index (χ2v) is 6.92. The summed E-state index contributed by atoms with van der Waals surface area (Å²) < 4.78 is 5.41. The van der Waals surface area contributed by atoms with Gasteiger partial charge < -0.3 is 14.4 Å². The number of aromatic amines is 1. The molecule has 0 bridgehead atoms. The van der Waals surface area contributed by atoms with Crippen LogP contribution in [0.15, 0.2) is 29.0 Å². The molecule has 1 amide bonds. The molecule has 1 aliphatic heterocycles. The van der Waals surface area contributed by atoms with Gasteiger partial charge in [0.05, 0.1) is 6.04 Å². The maximum atomic E-state index is 13.1. The number of hydrogen-bond acceptors (Lipinski definition) is 5. The van der Waals surface area contributed by atoms with E-state index in [0.717, 1.165) is 48.9 Å². The van der Waals surface area contributed by atoms with Gasteiger partial charge in [-0.3, -0.25) is 9.78 Å². The largest absolute Gasteiger partial charge is 0.350 e. The van der Waals surface area contributed by atoms with Crippen LogP contribution in [0.4, 0.5) is 0 Å². The minimum atomic E-state index is -0.109. The number of pyridine rings is 1. The topological polar surface area (TPSA) is 87.9 Å². The number of likely N-dealkylation sites (tertiary alicyclic amines) is 1. The van der Waals surface area contributed by atoms with E-state index < -0.39 is 0 Å². The summed E-state index contributed by atoms with van der Waals surface area (Å²) in [6.45, 7) is 0.713. The quantitative estimate of drug-likeness (QED) is 0.793. The Morgan fingerprint density at radius 3 is 3.04 bits per heavy atom. The molecule has 128 valence electrons. The van der Waals surface area contributed by atoms with Crippen molar-refractivity contribution in [2.24, 2.45) is 0 Å². The summed E-state index contributed by atoms with van der Waals surface area (Å²) in [5, 5.41) is 5.11. The molecule has 5 rings (SSSR count). The van der Waals surface area contributed by atoms with E-state index in [1.54, 1.807) is 12.4 Å². The van der Waals surface area contributed by atoms with Gasteiger partial charge in [0.1, 0.15) is 5.69 Å². The second-order valence-electron chi connectivity index (χ2n) is 6.92. The molecular weight excluding hydrogens is 318 g/mol. The van der Waals surface area contributed by atoms with Gasteiger partial charge in [-0.1, -0.05) is 5.16 Å². The number of amides is 1. The molecule has 4 heterocycles. The zero-order valence-corrected chi connectivity index (χ0v) is 13.8. The monoisotopic (exact) mass is 337 g/mol. The minimum absolute atomic E-state index is 0.0151. The van der Waals surface area contributed by atoms with Crippen LogP contribution in [0.2, 0.25) is 0 Å². The Balaban J connectivity index is 1.45. The van der Waals surface area contributed by atoms with Crippen LogP contribution in [-0.2, 0) is 0 Å². The number of rotatable bonds is 3. The van der Waals surface area contributed by atoms with Gasteiger partial charge in [0.15, 0.2) is 5.82 Å². The Morgan fingerprint density at radius 2 is 2.20 bits per heavy atom. The number of piperidine rings is 1. The fourth-order valence-corrected chi connectivity index (χ4v) is 3.56. The number of aromatic nitrogens is 4. The molecule has 7 nitrogen and oxygen atoms in total. The maximum Gasteiger partial charge on any atom is 0.270 e. The standard InChI is InChI=1S/C18H19N5O2/c24-18(14-9-12-10-19-7-6-13(12)20-14)23-8-2-1-3-15(23)16-21-17(25-22-16)11-4-5-11/h6-7,9-11,15,20H,1-5,8H2. The van der Waals surface area contributed by atoms with Crippen LogP contribution in [0.1, 0.15) is 66.3 Å². The lowest BCUT2D eigenvalue weighted by atomic mass is 10.0. The number of H-pyrrole nitrogens is 1. The molecule has 0 aromatic carbocycles. The van der Waals surface area contributed by atoms with Crippen molar-refractivity contribution in [3.63, 3.8) is 0 Å². The van der Waals surface area contributed by atoms with Gasteiger partial charge in [-0.15, -0.1) is 0 Å². The van der Waals surface area contributed by atoms with E-state index >= 15 is 0 Å². The first-order chi connectivity index (χ1) is 12.3. The van der Waals surface area contributed by atoms with Gasteiger partial charge >= 0.3 is 0 Å². The van der Waals surface area contributed by atoms with Crippen molar-refractivity contribution >= 4 is 16.8 Å². The molecule has 1 N–H and O–H groups in total. The molecule has 0 spiro atoms. The van der Waals surface area contributed by atoms with Crippen molar-refractivity contribution in [1.29, 1.82) is 0 Å². The van der Waals surface area contributed by atoms with Crippen LogP contribution in [0.3, 0.4) is 0 Å². The summed E-state index contributed by atoms with van der Waals surface area (Å²) in [6, 6.07) is 3.63. The zero-order valence-electron chi connectivity index (χ0n) is 13.8. The predicted molar refractivity (Wildman–Crippen MR) is 90.0 cm³/mol. The number of carbonyl (C=O) groups excluding carboxylic acids is 1. The fraction of sp³-hybridized carbons (Fsp3) is 0.444. The Morgan fingerprint density at radius 1 is 1.28 bits per heavy atom. The molecule has 0 radical (unpaired) electrons. The summed E-state index contributed by atoms with van der Waals surface area (Å²) in [5.74, 6) is 1.78. The third-order valence-corrected chi connectivity index (χ3v) is 5.10. The minimum Gasteiger partial charge on any atom is -0.350 e. The van der Waals surface area contributed by atoms with E-state index in [9.17, 15) is 4.79 Å². The van der Waals surface area contributed by atoms with E-state index in [2.05, 4.69) is 20.1 Å². The second kappa shape index (κ2) is 5.68. The van der Waals surface area contributed by atoms with Gasteiger partial charge in [-0.2, -0.15) is 4.98 Å². The first kappa shape index (κ1) is 14.6. The van der Waals surface area contributed by atoms with E-state index in [1.165, 1.54) is 0 Å². The predicted octanol–water partition coefficient (Wildman–Crippen LogP) is 3.19. The highest BCUT2D eigenvalue weighted by molar-refractivity contribution is 5.98. The molecular formula is C18H19N5O2. The molecule has 1 atom stereocenters. The number of fused-ring (bicyclic) bond motifs is 1. The Hall–Kier alpha value is -2.70. The van der Waals surface area contributed by atoms with Crippen LogP contribution in [0.5, 0.6) is 0 Å². The van der Waals surface area contributed by atoms with Crippen molar-refractivity contribution < 1.29 is 9.32 Å². The number of carbonyl (C=O) groups is 1. The van der Waals surface area contributed by atoms with E-state index in [1.807, 2.05) is 17.0 Å². The van der Waals surface area contributed by atoms with E-state index in [-0.39, 0.29) is 11.9 Å². The van der Waals surface area contributed by atoms with Gasteiger partial charge in [0.2, 0.25) is 5.89 Å². The average Bonchev–Trinajstić information content (AvgIpc) is 3.22. The van der Waals surface area contributed by atoms with Gasteiger partial charge in [0, 0.05) is 35.8 Å². The molecule has 1 saturated carbocycles. The van der Waals surface area contributed by atoms with Crippen molar-refractivity contribution in [1.82, 2.24) is 25.0 Å². The van der Waals surface area contributed by atoms with Crippen molar-refractivity contribution in [3.05, 3.63) is 41.9 Å². The maximum absolute atomic E-state index is 13.1. The summed E-state index contributed by atoms with van der Waals surface area (Å²) >= 11 is 0. The van der Waals surface area contributed by atoms with Crippen LogP contribution < -0.4 is 0 Å². The Bertz CT molecular complexity index is 893. The van der Waals surface area contributed by atoms with Crippen LogP contribution in [-0.4, -0.2) is 37.5 Å². The lowest BCUT2D eigenvalue weighted by Crippen LogP contribution is -2.39. The molecule has 7 heteroatoms. The molecule has 3 aromatic heterocycles. The molecule has 25 heavy (non-hydrogen) atoms. The van der Waals surface area contributed by atoms with Crippen LogP contribution in [0, 0.1) is 0 Å². The van der Waals surface area contributed by atoms with Crippen LogP contribution >= 0.6 is 0 Å². The summed E-state index contributed by atoms with van der Waals surface area (Å²) in [6.07, 6.45) is 8.66. The van der Waals surface area contributed by atoms with E-state index in [0.29, 0.717) is 24.0 Å². The highest BCUT2D eigenvalue weighted by atomic mass is 16.5. The smallest absolute Gasteiger partial charge is 0.270 e. The average molecular weight is 337 g/mol. The number of nitrogens with one attached hydrogen (secondary N) is 1. The fourth-order valence-electron chi connectivity index (χ4n) is 3.56. The zero-order chi connectivity index (χ0) is 16.8. The first-order valence-electron chi connectivity index (χ1n) is 8.87. The molecule has 2 fully saturated rings. The van der Waals surface area contributed by atoms with Gasteiger partial charge in [-0.25, -0.2) is 0 Å². The highest BCUT2D eigenvalue weighted by Gasteiger charge is 2.35. The Labute approximate surface area is 144 Å². The molecule has 2 aliphatic rings. The summed E-state index contributed by atoms with van der Waals surface area (Å²) in [7, 11) is 0. The lowest BCUT2D eigenvalue weighted by molar-refractivity contribution is 0.0591. The van der Waals surface area contributed by atoms with Crippen molar-refractivity contribution in [3.8, 4) is 0 Å². The SMILES string of the molecule is O=C(c1cc2cnccc2[nH]1)N1CCCCC1c1noc(C2CC2)n1. The third-order valence-electron chi connectivity index (χ3n) is 5.10. The highest BCUT2D eigenvalue weighted by Crippen LogP contribution is 2.40. The third kappa shape index (κ3) is 2.59. The van der Waals surface area contributed by atoms with Crippen molar-refractivity contribution in [2.75, 3.05) is 6.54 Å². The summed E-state index contributed by atoms with van der Waals surface area (Å²) in [4.78, 5) is 26.9. The summed E-state index contributed by atoms with van der Waals surface area (Å²) in [5.41, 5.74) is 1.50. The van der Waals surface area contributed by atoms with Crippen molar-refractivity contribution in [2.45, 2.75) is 44.1 Å². The van der Waals surface area contributed by atoms with Gasteiger partial charge in [-0.05, 0) is 44.2 Å². The number of hydrogen-bond donors (Lipinski definition) is 1. The van der Waals surface area contributed by atoms with Gasteiger partial charge in [0.25, 0.3) is 5.91 Å². The molecule has 1 unspecified atom stereocenters. The first-order valence-corrected chi connectivity index (χ1v) is 8.87. The molecule has 1 aliphatic carbocycles. The van der Waals surface area contributed by atoms with E-state index in [4.69, 9.17) is 4.52 Å². The number of nitrogens with zero attached hydrogens (tertiary/aromatic N) is 4. The lowest BCUT2D eigenvalue weighted by Gasteiger charge is -2.33. The molecule has 1 saturated heterocycles.